The Labute approximate surface area is 460 Å². The Hall–Kier alpha value is -5.52. The van der Waals surface area contributed by atoms with Gasteiger partial charge in [-0.3, -0.25) is 23.0 Å². The molecular weight excluding hydrogens is 1080 g/mol. The van der Waals surface area contributed by atoms with Crippen molar-refractivity contribution in [2.24, 2.45) is 5.92 Å². The van der Waals surface area contributed by atoms with Crippen molar-refractivity contribution >= 4 is 56.4 Å². The van der Waals surface area contributed by atoms with Crippen LogP contribution in [0.2, 0.25) is 5.02 Å². The third-order valence-corrected chi connectivity index (χ3v) is 15.2. The summed E-state index contributed by atoms with van der Waals surface area (Å²) in [5.41, 5.74) is -1.52. The Morgan fingerprint density at radius 2 is 1.66 bits per heavy atom. The molecule has 9 rings (SSSR count). The van der Waals surface area contributed by atoms with Gasteiger partial charge in [-0.1, -0.05) is 31.4 Å². The van der Waals surface area contributed by atoms with Crippen molar-refractivity contribution < 1.29 is 48.9 Å². The molecular formula is C55H67ClF8N10O4S. The van der Waals surface area contributed by atoms with Gasteiger partial charge in [0.1, 0.15) is 40.8 Å². The van der Waals surface area contributed by atoms with Crippen LogP contribution in [0.25, 0.3) is 16.7 Å². The normalized spacial score (nSPS) is 19.0. The first-order valence-electron chi connectivity index (χ1n) is 26.8. The predicted molar refractivity (Wildman–Crippen MR) is 289 cm³/mol. The molecule has 2 aromatic carbocycles. The molecule has 3 aliphatic carbocycles. The van der Waals surface area contributed by atoms with Crippen molar-refractivity contribution in [2.45, 2.75) is 133 Å². The van der Waals surface area contributed by atoms with E-state index in [4.69, 9.17) is 26.3 Å². The first-order chi connectivity index (χ1) is 37.6. The van der Waals surface area contributed by atoms with Gasteiger partial charge in [0, 0.05) is 110 Å². The number of piperidine rings is 1. The molecule has 3 unspecified atom stereocenters. The number of fused-ring (bicyclic) bond motifs is 4. The van der Waals surface area contributed by atoms with Crippen LogP contribution in [0.15, 0.2) is 41.2 Å². The number of nitrogens with zero attached hydrogens (tertiary/aromatic N) is 6. The number of aromatic nitrogens is 5. The number of carbonyl (C=O) groups is 1. The van der Waals surface area contributed by atoms with Gasteiger partial charge in [-0.2, -0.15) is 13.9 Å². The molecule has 1 aliphatic heterocycles. The van der Waals surface area contributed by atoms with Crippen LogP contribution in [0.3, 0.4) is 0 Å². The van der Waals surface area contributed by atoms with Gasteiger partial charge in [0.05, 0.1) is 28.1 Å². The Morgan fingerprint density at radius 1 is 0.975 bits per heavy atom. The van der Waals surface area contributed by atoms with E-state index in [1.165, 1.54) is 23.8 Å². The highest BCUT2D eigenvalue weighted by atomic mass is 35.5. The van der Waals surface area contributed by atoms with Crippen molar-refractivity contribution in [2.75, 3.05) is 69.6 Å². The van der Waals surface area contributed by atoms with Crippen LogP contribution in [0.5, 0.6) is 0 Å². The van der Waals surface area contributed by atoms with E-state index in [1.54, 1.807) is 18.6 Å². The lowest BCUT2D eigenvalue weighted by molar-refractivity contribution is -0.123. The van der Waals surface area contributed by atoms with Gasteiger partial charge in [-0.15, -0.1) is 0 Å². The van der Waals surface area contributed by atoms with E-state index in [0.29, 0.717) is 54.5 Å². The largest absolute Gasteiger partial charge is 0.385 e. The maximum Gasteiger partial charge on any atom is 0.293 e. The first-order valence-corrected chi connectivity index (χ1v) is 29.2. The van der Waals surface area contributed by atoms with Crippen molar-refractivity contribution in [1.82, 2.24) is 34.5 Å². The highest BCUT2D eigenvalue weighted by Crippen LogP contribution is 2.68. The molecule has 4 aliphatic rings. The van der Waals surface area contributed by atoms with Crippen LogP contribution >= 0.6 is 11.6 Å². The lowest BCUT2D eigenvalue weighted by Gasteiger charge is -2.29. The molecule has 0 bridgehead atoms. The van der Waals surface area contributed by atoms with Crippen LogP contribution in [0.4, 0.5) is 46.5 Å². The number of benzene rings is 2. The second kappa shape index (κ2) is 25.5. The summed E-state index contributed by atoms with van der Waals surface area (Å²) in [5, 5.41) is 22.7. The molecule has 0 radical (unpaired) electrons. The Balaban J connectivity index is 0.00000199. The van der Waals surface area contributed by atoms with Gasteiger partial charge >= 0.3 is 0 Å². The van der Waals surface area contributed by atoms with Crippen molar-refractivity contribution in [3.05, 3.63) is 103 Å². The molecule has 24 heteroatoms. The summed E-state index contributed by atoms with van der Waals surface area (Å²) in [4.78, 5) is 42.8. The molecule has 0 spiro atoms. The smallest absolute Gasteiger partial charge is 0.293 e. The Morgan fingerprint density at radius 3 is 2.32 bits per heavy atom. The summed E-state index contributed by atoms with van der Waals surface area (Å²) in [5.74, 6) is -12.3. The minimum absolute atomic E-state index is 0.0125. The van der Waals surface area contributed by atoms with Gasteiger partial charge in [-0.25, -0.2) is 36.3 Å². The Kier molecular flexibility index (Phi) is 19.2. The number of pyridine rings is 1. The number of halogens is 9. The molecule has 4 heterocycles. The molecule has 5 aromatic rings. The average molecular weight is 1150 g/mol. The number of ether oxygens (including phenoxy) is 1. The fourth-order valence-electron chi connectivity index (χ4n) is 11.2. The predicted octanol–water partition coefficient (Wildman–Crippen LogP) is 11.3. The van der Waals surface area contributed by atoms with Crippen LogP contribution in [-0.2, 0) is 39.2 Å². The number of hydrogen-bond acceptors (Lipinski definition) is 11. The zero-order valence-electron chi connectivity index (χ0n) is 44.6. The molecule has 4 N–H and O–H groups in total. The lowest BCUT2D eigenvalue weighted by atomic mass is 9.84. The summed E-state index contributed by atoms with van der Waals surface area (Å²) < 4.78 is 136. The quantitative estimate of drug-likeness (QED) is 0.0297. The fraction of sp³-hybridized carbons (Fsp3) is 0.564. The molecule has 1 saturated heterocycles. The number of rotatable bonds is 22. The van der Waals surface area contributed by atoms with E-state index in [0.717, 1.165) is 51.0 Å². The highest BCUT2D eigenvalue weighted by molar-refractivity contribution is 7.83. The van der Waals surface area contributed by atoms with Gasteiger partial charge in [0.2, 0.25) is 11.8 Å². The summed E-state index contributed by atoms with van der Waals surface area (Å²) >= 11 is 6.92. The van der Waals surface area contributed by atoms with Crippen molar-refractivity contribution in [3.63, 3.8) is 0 Å². The molecule has 1 amide bonds. The third kappa shape index (κ3) is 13.8. The van der Waals surface area contributed by atoms with E-state index in [-0.39, 0.29) is 87.9 Å². The Bertz CT molecular complexity index is 3080. The minimum Gasteiger partial charge on any atom is -0.385 e. The summed E-state index contributed by atoms with van der Waals surface area (Å²) in [6.07, 6.45) is 4.21. The van der Waals surface area contributed by atoms with E-state index in [9.17, 15) is 32.0 Å². The number of nitrogens with one attached hydrogen (secondary N) is 4. The first kappa shape index (κ1) is 59.6. The van der Waals surface area contributed by atoms with Gasteiger partial charge in [-0.05, 0) is 113 Å². The van der Waals surface area contributed by atoms with E-state index in [2.05, 4.69) is 25.9 Å². The zero-order valence-corrected chi connectivity index (χ0v) is 46.2. The second-order valence-electron chi connectivity index (χ2n) is 21.1. The molecule has 3 aromatic heterocycles. The molecule has 79 heavy (non-hydrogen) atoms. The summed E-state index contributed by atoms with van der Waals surface area (Å²) in [6, 6.07) is 5.78. The SMILES string of the molecule is CCCC(=N)c1c(Cl)ccc(-n2c(C(Cc3cc(F)cc(F)c3)NC(=O)Cn3nc(C(F)F)c4c3C(F)(F)C3CC43)nc3nc(C4CCC(F)(F)CC4)cc(NCCCN4CCCCC4)c3c2=O)c1NCCCOC.CS(C)=O. The minimum atomic E-state index is -3.57. The number of alkyl halides is 6. The van der Waals surface area contributed by atoms with Gasteiger partial charge < -0.3 is 31.0 Å². The van der Waals surface area contributed by atoms with Gasteiger partial charge in [0.15, 0.2) is 5.65 Å². The average Bonchev–Trinajstić information content (AvgIpc) is 3.90. The van der Waals surface area contributed by atoms with Crippen molar-refractivity contribution in [1.29, 1.82) is 5.41 Å². The number of hydrogen-bond donors (Lipinski definition) is 4. The number of amides is 1. The van der Waals surface area contributed by atoms with E-state index >= 15 is 22.4 Å². The molecule has 2 saturated carbocycles. The van der Waals surface area contributed by atoms with Crippen LogP contribution in [0.1, 0.15) is 148 Å². The van der Waals surface area contributed by atoms with E-state index < -0.39 is 113 Å². The third-order valence-electron chi connectivity index (χ3n) is 14.9. The number of methoxy groups -OCH3 is 1. The van der Waals surface area contributed by atoms with E-state index in [1.807, 2.05) is 6.92 Å². The number of likely N-dealkylation sites (tertiary alicyclic amines) is 1. The maximum atomic E-state index is 16.0. The fourth-order valence-corrected chi connectivity index (χ4v) is 11.5. The zero-order chi connectivity index (χ0) is 56.9. The van der Waals surface area contributed by atoms with Gasteiger partial charge in [0.25, 0.3) is 17.9 Å². The van der Waals surface area contributed by atoms with Crippen LogP contribution < -0.4 is 21.5 Å². The maximum absolute atomic E-state index is 16.0. The monoisotopic (exact) mass is 1150 g/mol. The summed E-state index contributed by atoms with van der Waals surface area (Å²) in [7, 11) is 0.923. The van der Waals surface area contributed by atoms with Crippen LogP contribution in [-0.4, -0.2) is 110 Å². The second-order valence-corrected chi connectivity index (χ2v) is 22.9. The van der Waals surface area contributed by atoms with Crippen molar-refractivity contribution in [3.8, 4) is 5.69 Å². The topological polar surface area (TPSA) is 172 Å². The molecule has 430 valence electrons. The molecule has 14 nitrogen and oxygen atoms in total. The molecule has 3 fully saturated rings. The number of carbonyl (C=O) groups excluding carboxylic acids is 1. The number of anilines is 2. The summed E-state index contributed by atoms with van der Waals surface area (Å²) in [6.45, 7) is 4.54. The van der Waals surface area contributed by atoms with Crippen LogP contribution in [0, 0.1) is 23.0 Å². The molecule has 3 atom stereocenters. The highest BCUT2D eigenvalue weighted by Gasteiger charge is 2.67. The lowest BCUT2D eigenvalue weighted by Crippen LogP contribution is -2.38. The standard InChI is InChI=1S/C53H61ClF8N10O3.C2H6OS/c1-3-9-36(63)43-35(54)10-11-40(45(43)65-17-8-21-75-2)72-50(68-49-44(51(72)74)38(64-16-7-20-70-18-5-4-6-19-70)27-37(67-49)30-12-14-52(59,60)15-13-30)39(24-29-22-31(55)25-32(56)23-29)66-41(73)28-71-47-42(46(69-71)48(57)58)33-26-34(33)53(47,61)62;1-4(2)3/h10-11,22-23,25,27,30,33-34,39,48,63,65H,3-9,12-21,24,26,28H2,1-2H3,(H,64,67)(H,66,73);1-2H3.